The van der Waals surface area contributed by atoms with Gasteiger partial charge in [0, 0.05) is 16.4 Å². The highest BCUT2D eigenvalue weighted by molar-refractivity contribution is 7.11. The summed E-state index contributed by atoms with van der Waals surface area (Å²) in [7, 11) is 0. The molecule has 1 unspecified atom stereocenters. The smallest absolute Gasteiger partial charge is 0.138 e. The second kappa shape index (κ2) is 5.60. The number of thiazole rings is 1. The van der Waals surface area contributed by atoms with Gasteiger partial charge in [-0.1, -0.05) is 20.8 Å². The second-order valence-corrected chi connectivity index (χ2v) is 7.54. The Balaban J connectivity index is 2.27. The van der Waals surface area contributed by atoms with Crippen molar-refractivity contribution in [2.24, 2.45) is 0 Å². The van der Waals surface area contributed by atoms with E-state index in [2.05, 4.69) is 48.0 Å². The molecule has 0 saturated carbocycles. The zero-order chi connectivity index (χ0) is 15.8. The van der Waals surface area contributed by atoms with E-state index in [-0.39, 0.29) is 11.5 Å². The number of nitrogens with one attached hydrogen (secondary N) is 1. The summed E-state index contributed by atoms with van der Waals surface area (Å²) in [6.07, 6.45) is 0. The van der Waals surface area contributed by atoms with Crippen LogP contribution >= 0.6 is 11.3 Å². The molecule has 3 N–H and O–H groups in total. The van der Waals surface area contributed by atoms with Crippen LogP contribution in [0.4, 0.5) is 11.6 Å². The van der Waals surface area contributed by atoms with E-state index in [0.29, 0.717) is 5.82 Å². The lowest BCUT2D eigenvalue weighted by Crippen LogP contribution is -2.19. The molecule has 2 aromatic rings. The summed E-state index contributed by atoms with van der Waals surface area (Å²) in [5, 5.41) is 4.48. The van der Waals surface area contributed by atoms with Gasteiger partial charge in [0.2, 0.25) is 0 Å². The first-order valence-corrected chi connectivity index (χ1v) is 7.84. The molecule has 0 fully saturated rings. The van der Waals surface area contributed by atoms with Gasteiger partial charge in [0.15, 0.2) is 0 Å². The van der Waals surface area contributed by atoms with E-state index in [4.69, 9.17) is 5.73 Å². The first-order valence-electron chi connectivity index (χ1n) is 7.02. The standard InChI is InChI=1S/C15H23N5S/c1-8-13(21-10(3)17-8)9(2)18-12-7-11(16)19-14(20-12)15(4,5)6/h7,9H,1-6H3,(H3,16,18,19,20). The summed E-state index contributed by atoms with van der Waals surface area (Å²) >= 11 is 1.71. The summed E-state index contributed by atoms with van der Waals surface area (Å²) in [4.78, 5) is 14.6. The molecule has 0 aliphatic rings. The van der Waals surface area contributed by atoms with E-state index in [1.54, 1.807) is 17.4 Å². The van der Waals surface area contributed by atoms with Gasteiger partial charge in [-0.3, -0.25) is 0 Å². The van der Waals surface area contributed by atoms with Gasteiger partial charge in [-0.05, 0) is 20.8 Å². The molecular weight excluding hydrogens is 282 g/mol. The lowest BCUT2D eigenvalue weighted by atomic mass is 9.96. The van der Waals surface area contributed by atoms with Crippen molar-refractivity contribution >= 4 is 23.0 Å². The summed E-state index contributed by atoms with van der Waals surface area (Å²) in [6.45, 7) is 12.4. The fraction of sp³-hybridized carbons (Fsp3) is 0.533. The van der Waals surface area contributed by atoms with Crippen molar-refractivity contribution in [3.8, 4) is 0 Å². The molecule has 5 nitrogen and oxygen atoms in total. The van der Waals surface area contributed by atoms with Crippen LogP contribution in [0, 0.1) is 13.8 Å². The molecule has 0 aliphatic carbocycles. The van der Waals surface area contributed by atoms with Gasteiger partial charge in [0.05, 0.1) is 16.7 Å². The molecule has 0 aromatic carbocycles. The number of nitrogens with zero attached hydrogens (tertiary/aromatic N) is 3. The maximum absolute atomic E-state index is 5.90. The van der Waals surface area contributed by atoms with Crippen LogP contribution in [0.3, 0.4) is 0 Å². The maximum atomic E-state index is 5.90. The molecule has 1 atom stereocenters. The number of rotatable bonds is 3. The lowest BCUT2D eigenvalue weighted by Gasteiger charge is -2.19. The molecule has 0 radical (unpaired) electrons. The van der Waals surface area contributed by atoms with Crippen molar-refractivity contribution in [1.29, 1.82) is 0 Å². The maximum Gasteiger partial charge on any atom is 0.138 e. The monoisotopic (exact) mass is 305 g/mol. The lowest BCUT2D eigenvalue weighted by molar-refractivity contribution is 0.546. The van der Waals surface area contributed by atoms with Crippen LogP contribution in [0.2, 0.25) is 0 Å². The third-order valence-electron chi connectivity index (χ3n) is 3.11. The molecule has 2 rings (SSSR count). The summed E-state index contributed by atoms with van der Waals surface area (Å²) in [5.41, 5.74) is 6.84. The fourth-order valence-corrected chi connectivity index (χ4v) is 3.04. The molecule has 0 aliphatic heterocycles. The predicted molar refractivity (Wildman–Crippen MR) is 88.8 cm³/mol. The molecule has 0 spiro atoms. The minimum absolute atomic E-state index is 0.133. The molecule has 114 valence electrons. The first kappa shape index (κ1) is 15.7. The van der Waals surface area contributed by atoms with Crippen molar-refractivity contribution in [3.05, 3.63) is 27.5 Å². The molecule has 21 heavy (non-hydrogen) atoms. The number of aromatic nitrogens is 3. The highest BCUT2D eigenvalue weighted by Gasteiger charge is 2.20. The van der Waals surface area contributed by atoms with Crippen molar-refractivity contribution in [3.63, 3.8) is 0 Å². The Bertz CT molecular complexity index is 642. The number of aryl methyl sites for hydroxylation is 2. The molecular formula is C15H23N5S. The summed E-state index contributed by atoms with van der Waals surface area (Å²) in [5.74, 6) is 1.99. The van der Waals surface area contributed by atoms with Crippen LogP contribution in [0.15, 0.2) is 6.07 Å². The van der Waals surface area contributed by atoms with Crippen molar-refractivity contribution in [2.75, 3.05) is 11.1 Å². The Morgan fingerprint density at radius 3 is 2.38 bits per heavy atom. The Morgan fingerprint density at radius 1 is 1.19 bits per heavy atom. The predicted octanol–water partition coefficient (Wildman–Crippen LogP) is 3.60. The summed E-state index contributed by atoms with van der Waals surface area (Å²) < 4.78 is 0. The Hall–Kier alpha value is -1.69. The van der Waals surface area contributed by atoms with Crippen molar-refractivity contribution in [1.82, 2.24) is 15.0 Å². The fourth-order valence-electron chi connectivity index (χ4n) is 2.11. The Kier molecular flexibility index (Phi) is 4.18. The first-order chi connectivity index (χ1) is 9.66. The molecule has 2 heterocycles. The molecule has 0 saturated heterocycles. The molecule has 0 bridgehead atoms. The third kappa shape index (κ3) is 3.69. The third-order valence-corrected chi connectivity index (χ3v) is 4.37. The van der Waals surface area contributed by atoms with E-state index in [1.807, 2.05) is 13.8 Å². The quantitative estimate of drug-likeness (QED) is 0.906. The number of hydrogen-bond donors (Lipinski definition) is 2. The number of nitrogens with two attached hydrogens (primary N) is 1. The molecule has 6 heteroatoms. The van der Waals surface area contributed by atoms with Gasteiger partial charge in [0.25, 0.3) is 0 Å². The SMILES string of the molecule is Cc1nc(C)c(C(C)Nc2cc(N)nc(C(C)(C)C)n2)s1. The topological polar surface area (TPSA) is 76.7 Å². The number of anilines is 2. The van der Waals surface area contributed by atoms with E-state index < -0.39 is 0 Å². The second-order valence-electron chi connectivity index (χ2n) is 6.30. The van der Waals surface area contributed by atoms with E-state index in [9.17, 15) is 0 Å². The Morgan fingerprint density at radius 2 is 1.86 bits per heavy atom. The average molecular weight is 305 g/mol. The zero-order valence-corrected chi connectivity index (χ0v) is 14.3. The van der Waals surface area contributed by atoms with Crippen LogP contribution in [0.1, 0.15) is 55.1 Å². The van der Waals surface area contributed by atoms with Crippen molar-refractivity contribution < 1.29 is 0 Å². The van der Waals surface area contributed by atoms with E-state index >= 15 is 0 Å². The normalized spacial score (nSPS) is 13.2. The van der Waals surface area contributed by atoms with Gasteiger partial charge in [0.1, 0.15) is 17.5 Å². The minimum Gasteiger partial charge on any atom is -0.384 e. The van der Waals surface area contributed by atoms with Crippen LogP contribution in [-0.2, 0) is 5.41 Å². The van der Waals surface area contributed by atoms with Crippen LogP contribution in [0.25, 0.3) is 0 Å². The summed E-state index contributed by atoms with van der Waals surface area (Å²) in [6, 6.07) is 1.91. The van der Waals surface area contributed by atoms with E-state index in [0.717, 1.165) is 22.3 Å². The largest absolute Gasteiger partial charge is 0.384 e. The zero-order valence-electron chi connectivity index (χ0n) is 13.5. The van der Waals surface area contributed by atoms with Gasteiger partial charge in [-0.25, -0.2) is 15.0 Å². The van der Waals surface area contributed by atoms with Gasteiger partial charge in [-0.15, -0.1) is 11.3 Å². The highest BCUT2D eigenvalue weighted by atomic mass is 32.1. The van der Waals surface area contributed by atoms with Crippen LogP contribution in [0.5, 0.6) is 0 Å². The van der Waals surface area contributed by atoms with Crippen LogP contribution < -0.4 is 11.1 Å². The average Bonchev–Trinajstić information content (AvgIpc) is 2.66. The van der Waals surface area contributed by atoms with Crippen LogP contribution in [-0.4, -0.2) is 15.0 Å². The van der Waals surface area contributed by atoms with Gasteiger partial charge >= 0.3 is 0 Å². The minimum atomic E-state index is -0.133. The van der Waals surface area contributed by atoms with E-state index in [1.165, 1.54) is 4.88 Å². The number of hydrogen-bond acceptors (Lipinski definition) is 6. The van der Waals surface area contributed by atoms with Gasteiger partial charge < -0.3 is 11.1 Å². The molecule has 0 amide bonds. The Labute approximate surface area is 130 Å². The number of nitrogen functional groups attached to an aromatic ring is 1. The highest BCUT2D eigenvalue weighted by Crippen LogP contribution is 2.28. The molecule has 2 aromatic heterocycles. The van der Waals surface area contributed by atoms with Crippen molar-refractivity contribution in [2.45, 2.75) is 53.0 Å². The van der Waals surface area contributed by atoms with Gasteiger partial charge in [-0.2, -0.15) is 0 Å².